The van der Waals surface area contributed by atoms with Crippen LogP contribution in [0.5, 0.6) is 0 Å². The number of nitrogens with zero attached hydrogens (tertiary/aromatic N) is 2. The predicted molar refractivity (Wildman–Crippen MR) is 180 cm³/mol. The number of hydrogen-bond acceptors (Lipinski definition) is 8. The zero-order chi connectivity index (χ0) is 35.1. The molecule has 2 bridgehead atoms. The van der Waals surface area contributed by atoms with Crippen LogP contribution in [0.1, 0.15) is 77.4 Å². The van der Waals surface area contributed by atoms with E-state index in [2.05, 4.69) is 18.5 Å². The minimum absolute atomic E-state index is 0.0417. The molecule has 1 spiro atoms. The number of allylic oxidation sites excluding steroid dienone is 1. The van der Waals surface area contributed by atoms with Crippen molar-refractivity contribution in [2.24, 2.45) is 11.8 Å². The van der Waals surface area contributed by atoms with Crippen LogP contribution in [-0.4, -0.2) is 101 Å². The number of hydrogen-bond donors (Lipinski definition) is 2. The Labute approximate surface area is 284 Å². The normalized spacial score (nSPS) is 25.7. The van der Waals surface area contributed by atoms with Crippen LogP contribution in [0.15, 0.2) is 55.6 Å². The summed E-state index contributed by atoms with van der Waals surface area (Å²) in [6, 6.07) is 7.51. The predicted octanol–water partition coefficient (Wildman–Crippen LogP) is 3.72. The molecule has 3 heterocycles. The van der Waals surface area contributed by atoms with Crippen molar-refractivity contribution in [2.45, 2.75) is 101 Å². The average Bonchev–Trinajstić information content (AvgIpc) is 3.70. The van der Waals surface area contributed by atoms with E-state index < -0.39 is 53.2 Å². The van der Waals surface area contributed by atoms with Crippen LogP contribution < -0.4 is 5.32 Å². The zero-order valence-electron chi connectivity index (χ0n) is 28.9. The standard InChI is InChI=1S/C37H53N3O8/c1-7-9-18-28(42)38-26(24-46-6)31(25-16-12-10-13-17-25)47-35(45)29-27-19-20-37(48-27)30(29)33(43)39(22-14-11-15-23-41)32(37)34(44)40(21-8-2)36(3,4)5/h7-8,10,12-13,16-17,26-27,29-32,41H,1-2,9,11,14-15,18-24H2,3-6H3,(H,38,42)/t26-,27-,29+,30+,31-,32-,37+/m0/s1. The number of amides is 3. The number of benzene rings is 1. The maximum absolute atomic E-state index is 14.5. The second-order valence-corrected chi connectivity index (χ2v) is 14.0. The Kier molecular flexibility index (Phi) is 12.6. The van der Waals surface area contributed by atoms with Crippen molar-refractivity contribution in [2.75, 3.05) is 33.4 Å². The molecule has 0 saturated carbocycles. The van der Waals surface area contributed by atoms with Gasteiger partial charge in [0, 0.05) is 38.8 Å². The van der Waals surface area contributed by atoms with Crippen molar-refractivity contribution in [3.63, 3.8) is 0 Å². The number of unbranched alkanes of at least 4 members (excludes halogenated alkanes) is 2. The topological polar surface area (TPSA) is 135 Å². The Morgan fingerprint density at radius 3 is 2.52 bits per heavy atom. The van der Waals surface area contributed by atoms with E-state index in [4.69, 9.17) is 14.2 Å². The lowest BCUT2D eigenvalue weighted by molar-refractivity contribution is -0.163. The number of fused-ring (bicyclic) bond motifs is 1. The number of nitrogens with one attached hydrogen (secondary N) is 1. The lowest BCUT2D eigenvalue weighted by Crippen LogP contribution is -2.59. The quantitative estimate of drug-likeness (QED) is 0.138. The van der Waals surface area contributed by atoms with Crippen molar-refractivity contribution < 1.29 is 38.5 Å². The molecule has 3 fully saturated rings. The second kappa shape index (κ2) is 16.2. The van der Waals surface area contributed by atoms with E-state index in [9.17, 15) is 24.3 Å². The summed E-state index contributed by atoms with van der Waals surface area (Å²) in [6.45, 7) is 14.1. The summed E-state index contributed by atoms with van der Waals surface area (Å²) in [7, 11) is 1.51. The molecular weight excluding hydrogens is 614 g/mol. The van der Waals surface area contributed by atoms with E-state index in [1.165, 1.54) is 7.11 Å². The highest BCUT2D eigenvalue weighted by Gasteiger charge is 2.75. The number of rotatable bonds is 18. The second-order valence-electron chi connectivity index (χ2n) is 14.0. The molecule has 3 aliphatic rings. The van der Waals surface area contributed by atoms with Crippen LogP contribution in [0.4, 0.5) is 0 Å². The van der Waals surface area contributed by atoms with Crippen molar-refractivity contribution in [3.8, 4) is 0 Å². The molecule has 0 aliphatic carbocycles. The van der Waals surface area contributed by atoms with E-state index in [1.807, 2.05) is 51.1 Å². The lowest BCUT2D eigenvalue weighted by Gasteiger charge is -2.42. The van der Waals surface area contributed by atoms with E-state index >= 15 is 0 Å². The first-order valence-electron chi connectivity index (χ1n) is 17.1. The summed E-state index contributed by atoms with van der Waals surface area (Å²) in [4.78, 5) is 59.5. The third kappa shape index (κ3) is 7.68. The highest BCUT2D eigenvalue weighted by Crippen LogP contribution is 2.59. The van der Waals surface area contributed by atoms with Gasteiger partial charge in [0.1, 0.15) is 17.7 Å². The van der Waals surface area contributed by atoms with E-state index in [1.54, 1.807) is 22.0 Å². The average molecular weight is 668 g/mol. The van der Waals surface area contributed by atoms with Crippen LogP contribution >= 0.6 is 0 Å². The SMILES string of the molecule is C=CCCC(=O)N[C@@H](COC)[C@@H](OC(=O)[C@@H]1[C@@H]2CC[C@]3(O2)[C@H](C(=O)N(CC=C)C(C)(C)C)N(CCCCCO)C(=O)[C@@H]13)c1ccccc1. The molecule has 11 heteroatoms. The van der Waals surface area contributed by atoms with Crippen molar-refractivity contribution in [1.82, 2.24) is 15.1 Å². The van der Waals surface area contributed by atoms with Crippen LogP contribution in [0.25, 0.3) is 0 Å². The number of ether oxygens (including phenoxy) is 3. The highest BCUT2D eigenvalue weighted by molar-refractivity contribution is 5.98. The summed E-state index contributed by atoms with van der Waals surface area (Å²) >= 11 is 0. The third-order valence-corrected chi connectivity index (χ3v) is 9.76. The first-order chi connectivity index (χ1) is 22.9. The molecule has 3 amide bonds. The first-order valence-corrected chi connectivity index (χ1v) is 17.1. The maximum Gasteiger partial charge on any atom is 0.313 e. The summed E-state index contributed by atoms with van der Waals surface area (Å²) < 4.78 is 18.4. The zero-order valence-corrected chi connectivity index (χ0v) is 28.9. The van der Waals surface area contributed by atoms with Gasteiger partial charge in [-0.3, -0.25) is 19.2 Å². The molecule has 0 aromatic heterocycles. The van der Waals surface area contributed by atoms with E-state index in [0.29, 0.717) is 57.2 Å². The first kappa shape index (κ1) is 37.3. The maximum atomic E-state index is 14.5. The Balaban J connectivity index is 1.69. The largest absolute Gasteiger partial charge is 0.455 e. The number of carbonyl (C=O) groups is 4. The molecule has 1 aromatic rings. The van der Waals surface area contributed by atoms with Crippen LogP contribution in [0.2, 0.25) is 0 Å². The molecule has 2 N–H and O–H groups in total. The molecule has 48 heavy (non-hydrogen) atoms. The third-order valence-electron chi connectivity index (χ3n) is 9.76. The number of methoxy groups -OCH3 is 1. The number of aliphatic hydroxyl groups is 1. The van der Waals surface area contributed by atoms with E-state index in [0.717, 1.165) is 0 Å². The van der Waals surface area contributed by atoms with Gasteiger partial charge in [-0.2, -0.15) is 0 Å². The van der Waals surface area contributed by atoms with Gasteiger partial charge in [-0.1, -0.05) is 42.5 Å². The van der Waals surface area contributed by atoms with Gasteiger partial charge in [0.25, 0.3) is 0 Å². The van der Waals surface area contributed by atoms with Crippen molar-refractivity contribution in [1.29, 1.82) is 0 Å². The molecular formula is C37H53N3O8. The molecule has 1 aromatic carbocycles. The fourth-order valence-corrected chi connectivity index (χ4v) is 7.61. The van der Waals surface area contributed by atoms with Gasteiger partial charge in [0.05, 0.1) is 30.6 Å². The summed E-state index contributed by atoms with van der Waals surface area (Å²) in [5, 5.41) is 12.3. The lowest BCUT2D eigenvalue weighted by atomic mass is 9.70. The Hall–Kier alpha value is -3.54. The van der Waals surface area contributed by atoms with Crippen LogP contribution in [-0.2, 0) is 33.4 Å². The molecule has 4 rings (SSSR count). The molecule has 3 saturated heterocycles. The fraction of sp³-hybridized carbons (Fsp3) is 0.622. The van der Waals surface area contributed by atoms with Gasteiger partial charge in [0.15, 0.2) is 0 Å². The van der Waals surface area contributed by atoms with Gasteiger partial charge in [-0.05, 0) is 64.9 Å². The van der Waals surface area contributed by atoms with Gasteiger partial charge in [-0.25, -0.2) is 0 Å². The summed E-state index contributed by atoms with van der Waals surface area (Å²) in [6.07, 6.45) is 5.35. The van der Waals surface area contributed by atoms with E-state index in [-0.39, 0.29) is 37.4 Å². The minimum Gasteiger partial charge on any atom is -0.455 e. The Morgan fingerprint density at radius 2 is 1.90 bits per heavy atom. The minimum atomic E-state index is -1.18. The van der Waals surface area contributed by atoms with Crippen molar-refractivity contribution in [3.05, 3.63) is 61.2 Å². The van der Waals surface area contributed by atoms with Crippen molar-refractivity contribution >= 4 is 23.7 Å². The number of esters is 1. The molecule has 264 valence electrons. The molecule has 0 radical (unpaired) electrons. The molecule has 0 unspecified atom stereocenters. The number of carbonyl (C=O) groups excluding carboxylic acids is 4. The number of likely N-dealkylation sites (tertiary alicyclic amines) is 1. The monoisotopic (exact) mass is 667 g/mol. The Morgan fingerprint density at radius 1 is 1.17 bits per heavy atom. The molecule has 11 nitrogen and oxygen atoms in total. The summed E-state index contributed by atoms with van der Waals surface area (Å²) in [5.41, 5.74) is -1.08. The van der Waals surface area contributed by atoms with Gasteiger partial charge >= 0.3 is 5.97 Å². The smallest absolute Gasteiger partial charge is 0.313 e. The summed E-state index contributed by atoms with van der Waals surface area (Å²) in [5.74, 6) is -3.21. The molecule has 3 aliphatic heterocycles. The molecule has 7 atom stereocenters. The van der Waals surface area contributed by atoms with Gasteiger partial charge in [-0.15, -0.1) is 13.2 Å². The highest BCUT2D eigenvalue weighted by atomic mass is 16.6. The van der Waals surface area contributed by atoms with Crippen LogP contribution in [0, 0.1) is 11.8 Å². The number of aliphatic hydroxyl groups excluding tert-OH is 1. The van der Waals surface area contributed by atoms with Gasteiger partial charge in [0.2, 0.25) is 17.7 Å². The van der Waals surface area contributed by atoms with Crippen LogP contribution in [0.3, 0.4) is 0 Å². The fourth-order valence-electron chi connectivity index (χ4n) is 7.61. The van der Waals surface area contributed by atoms with Gasteiger partial charge < -0.3 is 34.4 Å². The Bertz CT molecular complexity index is 1310.